The van der Waals surface area contributed by atoms with Crippen molar-refractivity contribution < 1.29 is 9.53 Å². The summed E-state index contributed by atoms with van der Waals surface area (Å²) in [5, 5.41) is 10.9. The summed E-state index contributed by atoms with van der Waals surface area (Å²) in [6.07, 6.45) is 1.69. The average molecular weight is 336 g/mol. The van der Waals surface area contributed by atoms with E-state index in [1.165, 1.54) is 0 Å². The number of nitrogens with one attached hydrogen (secondary N) is 1. The molecule has 1 amide bonds. The summed E-state index contributed by atoms with van der Waals surface area (Å²) in [5.41, 5.74) is 2.74. The van der Waals surface area contributed by atoms with E-state index >= 15 is 0 Å². The number of amides is 1. The van der Waals surface area contributed by atoms with E-state index in [1.54, 1.807) is 6.33 Å². The molecule has 0 radical (unpaired) electrons. The molecule has 3 rings (SSSR count). The highest BCUT2D eigenvalue weighted by Gasteiger charge is 2.09. The molecule has 0 atom stereocenters. The second-order valence-corrected chi connectivity index (χ2v) is 5.67. The fourth-order valence-corrected chi connectivity index (χ4v) is 2.43. The van der Waals surface area contributed by atoms with Crippen LogP contribution in [0.3, 0.4) is 0 Å². The molecular weight excluding hydrogens is 316 g/mol. The molecule has 1 N–H and O–H groups in total. The first-order valence-electron chi connectivity index (χ1n) is 8.13. The molecule has 0 aliphatic heterocycles. The fourth-order valence-electron chi connectivity index (χ4n) is 2.43. The highest BCUT2D eigenvalue weighted by molar-refractivity contribution is 5.92. The first kappa shape index (κ1) is 16.7. The number of carbonyl (C=O) groups is 1. The minimum atomic E-state index is -0.213. The van der Waals surface area contributed by atoms with Gasteiger partial charge in [-0.25, -0.2) is 0 Å². The van der Waals surface area contributed by atoms with Crippen LogP contribution in [-0.2, 0) is 11.3 Å². The first-order valence-corrected chi connectivity index (χ1v) is 8.13. The fraction of sp³-hybridized carbons (Fsp3) is 0.211. The van der Waals surface area contributed by atoms with Crippen molar-refractivity contribution in [2.75, 3.05) is 11.9 Å². The van der Waals surface area contributed by atoms with Crippen LogP contribution in [0.4, 0.5) is 5.69 Å². The Bertz CT molecular complexity index is 856. The molecule has 0 aliphatic rings. The van der Waals surface area contributed by atoms with Crippen molar-refractivity contribution in [2.45, 2.75) is 20.4 Å². The molecule has 3 aromatic rings. The molecule has 0 fully saturated rings. The quantitative estimate of drug-likeness (QED) is 0.750. The van der Waals surface area contributed by atoms with E-state index in [0.717, 1.165) is 23.5 Å². The molecule has 1 aromatic heterocycles. The number of aryl methyl sites for hydroxylation is 2. The number of carbonyl (C=O) groups excluding carboxylic acids is 1. The lowest BCUT2D eigenvalue weighted by atomic mass is 10.2. The van der Waals surface area contributed by atoms with Crippen molar-refractivity contribution >= 4 is 11.6 Å². The third-order valence-corrected chi connectivity index (χ3v) is 3.75. The SMILES string of the molecule is CCn1cnnc1-c1cccc(NC(=O)COc2ccc(C)cc2)c1. The Morgan fingerprint density at radius 3 is 2.76 bits per heavy atom. The molecule has 0 aliphatic carbocycles. The summed E-state index contributed by atoms with van der Waals surface area (Å²) >= 11 is 0. The normalized spacial score (nSPS) is 10.5. The van der Waals surface area contributed by atoms with E-state index in [9.17, 15) is 4.79 Å². The van der Waals surface area contributed by atoms with Gasteiger partial charge in [0.25, 0.3) is 5.91 Å². The monoisotopic (exact) mass is 336 g/mol. The van der Waals surface area contributed by atoms with Gasteiger partial charge in [-0.15, -0.1) is 10.2 Å². The van der Waals surface area contributed by atoms with Gasteiger partial charge in [0.05, 0.1) is 0 Å². The summed E-state index contributed by atoms with van der Waals surface area (Å²) in [6, 6.07) is 15.1. The van der Waals surface area contributed by atoms with Gasteiger partial charge in [-0.3, -0.25) is 4.79 Å². The molecule has 25 heavy (non-hydrogen) atoms. The number of nitrogens with zero attached hydrogens (tertiary/aromatic N) is 3. The number of rotatable bonds is 6. The number of aromatic nitrogens is 3. The van der Waals surface area contributed by atoms with Crippen LogP contribution in [-0.4, -0.2) is 27.3 Å². The van der Waals surface area contributed by atoms with E-state index < -0.39 is 0 Å². The molecule has 0 spiro atoms. The molecule has 0 bridgehead atoms. The van der Waals surface area contributed by atoms with Crippen molar-refractivity contribution in [3.63, 3.8) is 0 Å². The average Bonchev–Trinajstić information content (AvgIpc) is 3.10. The molecule has 6 nitrogen and oxygen atoms in total. The second kappa shape index (κ2) is 7.61. The van der Waals surface area contributed by atoms with Crippen molar-refractivity contribution in [3.05, 3.63) is 60.4 Å². The largest absolute Gasteiger partial charge is 0.484 e. The maximum Gasteiger partial charge on any atom is 0.262 e. The Labute approximate surface area is 146 Å². The van der Waals surface area contributed by atoms with E-state index in [0.29, 0.717) is 11.4 Å². The van der Waals surface area contributed by atoms with Crippen molar-refractivity contribution in [3.8, 4) is 17.1 Å². The minimum absolute atomic E-state index is 0.0432. The number of ether oxygens (including phenoxy) is 1. The smallest absolute Gasteiger partial charge is 0.262 e. The number of hydrogen-bond donors (Lipinski definition) is 1. The molecule has 0 unspecified atom stereocenters. The number of benzene rings is 2. The molecular formula is C19H20N4O2. The van der Waals surface area contributed by atoms with E-state index in [4.69, 9.17) is 4.74 Å². The van der Waals surface area contributed by atoms with Gasteiger partial charge >= 0.3 is 0 Å². The van der Waals surface area contributed by atoms with Crippen LogP contribution in [0.1, 0.15) is 12.5 Å². The van der Waals surface area contributed by atoms with Crippen molar-refractivity contribution in [2.24, 2.45) is 0 Å². The van der Waals surface area contributed by atoms with Crippen molar-refractivity contribution in [1.29, 1.82) is 0 Å². The maximum absolute atomic E-state index is 12.1. The van der Waals surface area contributed by atoms with Gasteiger partial charge in [0, 0.05) is 17.8 Å². The lowest BCUT2D eigenvalue weighted by Crippen LogP contribution is -2.20. The summed E-state index contributed by atoms with van der Waals surface area (Å²) in [7, 11) is 0. The highest BCUT2D eigenvalue weighted by atomic mass is 16.5. The van der Waals surface area contributed by atoms with E-state index in [-0.39, 0.29) is 12.5 Å². The zero-order valence-electron chi connectivity index (χ0n) is 14.3. The molecule has 128 valence electrons. The minimum Gasteiger partial charge on any atom is -0.484 e. The van der Waals surface area contributed by atoms with Gasteiger partial charge in [-0.1, -0.05) is 29.8 Å². The Morgan fingerprint density at radius 2 is 2.00 bits per heavy atom. The lowest BCUT2D eigenvalue weighted by molar-refractivity contribution is -0.118. The molecule has 0 saturated heterocycles. The van der Waals surface area contributed by atoms with E-state index in [1.807, 2.05) is 66.9 Å². The molecule has 2 aromatic carbocycles. The topological polar surface area (TPSA) is 69.0 Å². The molecule has 1 heterocycles. The summed E-state index contributed by atoms with van der Waals surface area (Å²) in [5.74, 6) is 1.23. The van der Waals surface area contributed by atoms with E-state index in [2.05, 4.69) is 15.5 Å². The van der Waals surface area contributed by atoms with Gasteiger partial charge in [-0.05, 0) is 38.1 Å². The van der Waals surface area contributed by atoms with Crippen LogP contribution in [0.15, 0.2) is 54.9 Å². The number of hydrogen-bond acceptors (Lipinski definition) is 4. The second-order valence-electron chi connectivity index (χ2n) is 5.67. The first-order chi connectivity index (χ1) is 12.2. The summed E-state index contributed by atoms with van der Waals surface area (Å²) in [4.78, 5) is 12.1. The van der Waals surface area contributed by atoms with Gasteiger partial charge < -0.3 is 14.6 Å². The predicted octanol–water partition coefficient (Wildman–Crippen LogP) is 3.29. The van der Waals surface area contributed by atoms with Gasteiger partial charge in [-0.2, -0.15) is 0 Å². The van der Waals surface area contributed by atoms with Crippen LogP contribution in [0.5, 0.6) is 5.75 Å². The third kappa shape index (κ3) is 4.23. The molecule has 0 saturated carbocycles. The maximum atomic E-state index is 12.1. The standard InChI is InChI=1S/C19H20N4O2/c1-3-23-13-20-22-19(23)15-5-4-6-16(11-15)21-18(24)12-25-17-9-7-14(2)8-10-17/h4-11,13H,3,12H2,1-2H3,(H,21,24). The number of anilines is 1. The lowest BCUT2D eigenvalue weighted by Gasteiger charge is -2.09. The Hall–Kier alpha value is -3.15. The van der Waals surface area contributed by atoms with Gasteiger partial charge in [0.1, 0.15) is 12.1 Å². The summed E-state index contributed by atoms with van der Waals surface area (Å²) in [6.45, 7) is 4.77. The van der Waals surface area contributed by atoms with Crippen LogP contribution in [0.2, 0.25) is 0 Å². The third-order valence-electron chi connectivity index (χ3n) is 3.75. The zero-order chi connectivity index (χ0) is 17.6. The van der Waals surface area contributed by atoms with Crippen LogP contribution in [0, 0.1) is 6.92 Å². The van der Waals surface area contributed by atoms with Crippen LogP contribution < -0.4 is 10.1 Å². The zero-order valence-corrected chi connectivity index (χ0v) is 14.3. The van der Waals surface area contributed by atoms with Crippen LogP contribution >= 0.6 is 0 Å². The Kier molecular flexibility index (Phi) is 5.09. The van der Waals surface area contributed by atoms with Gasteiger partial charge in [0.2, 0.25) is 0 Å². The van der Waals surface area contributed by atoms with Gasteiger partial charge in [0.15, 0.2) is 12.4 Å². The van der Waals surface area contributed by atoms with Crippen LogP contribution in [0.25, 0.3) is 11.4 Å². The summed E-state index contributed by atoms with van der Waals surface area (Å²) < 4.78 is 7.44. The predicted molar refractivity (Wildman–Crippen MR) is 96.4 cm³/mol. The Balaban J connectivity index is 1.63. The molecule has 6 heteroatoms. The highest BCUT2D eigenvalue weighted by Crippen LogP contribution is 2.20. The Morgan fingerprint density at radius 1 is 1.20 bits per heavy atom. The van der Waals surface area contributed by atoms with Crippen molar-refractivity contribution in [1.82, 2.24) is 14.8 Å².